The number of aromatic nitrogens is 3. The van der Waals surface area contributed by atoms with Crippen molar-refractivity contribution < 1.29 is 0 Å². The summed E-state index contributed by atoms with van der Waals surface area (Å²) in [5, 5.41) is 14.2. The number of rotatable bonds is 5. The van der Waals surface area contributed by atoms with Crippen LogP contribution in [0.3, 0.4) is 0 Å². The summed E-state index contributed by atoms with van der Waals surface area (Å²) in [4.78, 5) is 12.2. The van der Waals surface area contributed by atoms with Gasteiger partial charge >= 0.3 is 0 Å². The van der Waals surface area contributed by atoms with Gasteiger partial charge in [0.25, 0.3) is 0 Å². The first-order chi connectivity index (χ1) is 14.7. The van der Waals surface area contributed by atoms with Gasteiger partial charge < -0.3 is 9.88 Å². The van der Waals surface area contributed by atoms with E-state index in [1.54, 1.807) is 6.20 Å². The molecule has 1 atom stereocenters. The zero-order chi connectivity index (χ0) is 20.5. The number of likely N-dealkylation sites (tertiary alicyclic amines) is 1. The molecule has 4 heterocycles. The molecule has 150 valence electrons. The third-order valence-corrected chi connectivity index (χ3v) is 6.50. The maximum Gasteiger partial charge on any atom is 0.189 e. The van der Waals surface area contributed by atoms with Gasteiger partial charge in [-0.15, -0.1) is 0 Å². The maximum atomic E-state index is 8.99. The number of anilines is 2. The molecule has 1 N–H and O–H groups in total. The molecule has 1 aliphatic rings. The van der Waals surface area contributed by atoms with Crippen molar-refractivity contribution in [1.82, 2.24) is 19.4 Å². The zero-order valence-corrected chi connectivity index (χ0v) is 17.6. The largest absolute Gasteiger partial charge is 0.350 e. The fourth-order valence-electron chi connectivity index (χ4n) is 4.32. The summed E-state index contributed by atoms with van der Waals surface area (Å²) in [6.45, 7) is 1.99. The summed E-state index contributed by atoms with van der Waals surface area (Å²) in [7, 11) is 2.11. The number of pyridine rings is 1. The molecule has 0 spiro atoms. The van der Waals surface area contributed by atoms with Crippen molar-refractivity contribution in [3.05, 3.63) is 71.0 Å². The van der Waals surface area contributed by atoms with Crippen LogP contribution in [0.25, 0.3) is 10.9 Å². The van der Waals surface area contributed by atoms with E-state index in [-0.39, 0.29) is 0 Å². The van der Waals surface area contributed by atoms with Crippen molar-refractivity contribution in [2.24, 2.45) is 7.05 Å². The van der Waals surface area contributed by atoms with E-state index in [9.17, 15) is 0 Å². The molecule has 30 heavy (non-hydrogen) atoms. The Morgan fingerprint density at radius 1 is 1.23 bits per heavy atom. The van der Waals surface area contributed by atoms with Gasteiger partial charge in [0.1, 0.15) is 16.8 Å². The SMILES string of the molecule is Cn1cc(CN2CCC[C@H]2c2cccc(Nc3ncc(C#N)s3)n2)c2ccccc21. The van der Waals surface area contributed by atoms with Gasteiger partial charge in [-0.3, -0.25) is 4.90 Å². The molecule has 6 nitrogen and oxygen atoms in total. The Bertz CT molecular complexity index is 1230. The minimum absolute atomic E-state index is 0.302. The fourth-order valence-corrected chi connectivity index (χ4v) is 4.94. The van der Waals surface area contributed by atoms with E-state index in [0.29, 0.717) is 16.1 Å². The molecular formula is C23H22N6S. The third-order valence-electron chi connectivity index (χ3n) is 5.68. The summed E-state index contributed by atoms with van der Waals surface area (Å²) in [5.74, 6) is 0.767. The number of thiazole rings is 1. The highest BCUT2D eigenvalue weighted by Crippen LogP contribution is 2.34. The van der Waals surface area contributed by atoms with E-state index in [1.165, 1.54) is 34.2 Å². The van der Waals surface area contributed by atoms with Crippen LogP contribution >= 0.6 is 11.3 Å². The van der Waals surface area contributed by atoms with Crippen LogP contribution < -0.4 is 5.32 Å². The molecule has 1 saturated heterocycles. The molecule has 0 unspecified atom stereocenters. The van der Waals surface area contributed by atoms with Crippen LogP contribution in [-0.2, 0) is 13.6 Å². The highest BCUT2D eigenvalue weighted by molar-refractivity contribution is 7.16. The Kier molecular flexibility index (Phi) is 4.95. The fraction of sp³-hybridized carbons (Fsp3) is 0.261. The van der Waals surface area contributed by atoms with Crippen LogP contribution in [0.4, 0.5) is 10.9 Å². The minimum Gasteiger partial charge on any atom is -0.350 e. The van der Waals surface area contributed by atoms with Gasteiger partial charge in [-0.25, -0.2) is 9.97 Å². The van der Waals surface area contributed by atoms with Crippen LogP contribution in [0, 0.1) is 11.3 Å². The molecule has 0 bridgehead atoms. The number of para-hydroxylation sites is 1. The Morgan fingerprint density at radius 3 is 3.00 bits per heavy atom. The lowest BCUT2D eigenvalue weighted by Crippen LogP contribution is -2.23. The quantitative estimate of drug-likeness (QED) is 0.499. The van der Waals surface area contributed by atoms with Gasteiger partial charge in [-0.05, 0) is 43.1 Å². The number of nitrogens with one attached hydrogen (secondary N) is 1. The number of aryl methyl sites for hydroxylation is 1. The standard InChI is InChI=1S/C23H22N6S/c1-28-14-16(18-6-2-3-8-20(18)28)15-29-11-5-9-21(29)19-7-4-10-22(26-19)27-23-25-13-17(12-24)30-23/h2-4,6-8,10,13-14,21H,5,9,11,15H2,1H3,(H,25,26,27)/t21-/m0/s1. The molecule has 5 rings (SSSR count). The molecule has 7 heteroatoms. The molecule has 0 amide bonds. The second-order valence-electron chi connectivity index (χ2n) is 7.63. The Balaban J connectivity index is 1.37. The third kappa shape index (κ3) is 3.56. The molecular weight excluding hydrogens is 392 g/mol. The maximum absolute atomic E-state index is 8.99. The van der Waals surface area contributed by atoms with Crippen LogP contribution in [0.1, 0.15) is 35.0 Å². The van der Waals surface area contributed by atoms with E-state index < -0.39 is 0 Å². The molecule has 0 saturated carbocycles. The molecule has 1 aromatic carbocycles. The predicted octanol–water partition coefficient (Wildman–Crippen LogP) is 4.98. The average molecular weight is 415 g/mol. The Morgan fingerprint density at radius 2 is 2.13 bits per heavy atom. The summed E-state index contributed by atoms with van der Waals surface area (Å²) >= 11 is 1.34. The van der Waals surface area contributed by atoms with E-state index in [4.69, 9.17) is 10.2 Å². The number of hydrogen-bond acceptors (Lipinski definition) is 6. The van der Waals surface area contributed by atoms with Crippen molar-refractivity contribution in [3.63, 3.8) is 0 Å². The monoisotopic (exact) mass is 414 g/mol. The number of fused-ring (bicyclic) bond motifs is 1. The normalized spacial score (nSPS) is 16.7. The number of nitriles is 1. The predicted molar refractivity (Wildman–Crippen MR) is 120 cm³/mol. The molecule has 0 radical (unpaired) electrons. The second kappa shape index (κ2) is 7.90. The van der Waals surface area contributed by atoms with Gasteiger partial charge in [0.15, 0.2) is 5.13 Å². The Labute approximate surface area is 179 Å². The summed E-state index contributed by atoms with van der Waals surface area (Å²) in [6, 6.07) is 17.1. The summed E-state index contributed by atoms with van der Waals surface area (Å²) in [5.41, 5.74) is 3.71. The van der Waals surface area contributed by atoms with Crippen LogP contribution in [0.15, 0.2) is 54.9 Å². The van der Waals surface area contributed by atoms with Gasteiger partial charge in [0.2, 0.25) is 0 Å². The lowest BCUT2D eigenvalue weighted by atomic mass is 10.1. The number of hydrogen-bond donors (Lipinski definition) is 1. The van der Waals surface area contributed by atoms with Gasteiger partial charge in [0.05, 0.1) is 17.9 Å². The van der Waals surface area contributed by atoms with Crippen molar-refractivity contribution >= 4 is 33.2 Å². The van der Waals surface area contributed by atoms with Crippen LogP contribution in [-0.4, -0.2) is 26.0 Å². The zero-order valence-electron chi connectivity index (χ0n) is 16.7. The topological polar surface area (TPSA) is 69.8 Å². The Hall–Kier alpha value is -3.21. The molecule has 0 aliphatic carbocycles. The van der Waals surface area contributed by atoms with Gasteiger partial charge in [0, 0.05) is 30.7 Å². The highest BCUT2D eigenvalue weighted by Gasteiger charge is 2.28. The number of nitrogens with zero attached hydrogens (tertiary/aromatic N) is 5. The average Bonchev–Trinajstić information content (AvgIpc) is 3.49. The molecule has 1 fully saturated rings. The molecule has 4 aromatic rings. The van der Waals surface area contributed by atoms with Gasteiger partial charge in [-0.2, -0.15) is 5.26 Å². The summed E-state index contributed by atoms with van der Waals surface area (Å²) in [6.07, 6.45) is 6.12. The molecule has 1 aliphatic heterocycles. The lowest BCUT2D eigenvalue weighted by Gasteiger charge is -2.24. The van der Waals surface area contributed by atoms with Crippen molar-refractivity contribution in [1.29, 1.82) is 5.26 Å². The van der Waals surface area contributed by atoms with Crippen molar-refractivity contribution in [2.45, 2.75) is 25.4 Å². The van der Waals surface area contributed by atoms with Crippen molar-refractivity contribution in [2.75, 3.05) is 11.9 Å². The second-order valence-corrected chi connectivity index (χ2v) is 8.66. The molecule has 3 aromatic heterocycles. The number of benzene rings is 1. The summed E-state index contributed by atoms with van der Waals surface area (Å²) < 4.78 is 2.21. The highest BCUT2D eigenvalue weighted by atomic mass is 32.1. The van der Waals surface area contributed by atoms with E-state index in [0.717, 1.165) is 31.0 Å². The van der Waals surface area contributed by atoms with E-state index in [1.807, 2.05) is 12.1 Å². The first-order valence-corrected chi connectivity index (χ1v) is 10.9. The van der Waals surface area contributed by atoms with E-state index in [2.05, 4.69) is 69.4 Å². The lowest BCUT2D eigenvalue weighted by molar-refractivity contribution is 0.245. The smallest absolute Gasteiger partial charge is 0.189 e. The van der Waals surface area contributed by atoms with E-state index >= 15 is 0 Å². The van der Waals surface area contributed by atoms with Crippen LogP contribution in [0.5, 0.6) is 0 Å². The van der Waals surface area contributed by atoms with Crippen LogP contribution in [0.2, 0.25) is 0 Å². The minimum atomic E-state index is 0.302. The first kappa shape index (κ1) is 18.8. The van der Waals surface area contributed by atoms with Crippen molar-refractivity contribution in [3.8, 4) is 6.07 Å². The first-order valence-electron chi connectivity index (χ1n) is 10.1. The van der Waals surface area contributed by atoms with Gasteiger partial charge in [-0.1, -0.05) is 35.6 Å².